The molecule has 1 aromatic heterocycles. The summed E-state index contributed by atoms with van der Waals surface area (Å²) in [7, 11) is 1.66. The van der Waals surface area contributed by atoms with Gasteiger partial charge in [-0.15, -0.1) is 0 Å². The van der Waals surface area contributed by atoms with Crippen LogP contribution in [-0.4, -0.2) is 61.1 Å². The summed E-state index contributed by atoms with van der Waals surface area (Å²) in [5.74, 6) is 0.216. The summed E-state index contributed by atoms with van der Waals surface area (Å²) in [6, 6.07) is 10.00. The zero-order valence-corrected chi connectivity index (χ0v) is 17.6. The molecule has 30 heavy (non-hydrogen) atoms. The molecule has 0 aliphatic carbocycles. The number of amides is 1. The van der Waals surface area contributed by atoms with Crippen LogP contribution in [0.2, 0.25) is 0 Å². The molecule has 1 amide bonds. The van der Waals surface area contributed by atoms with Gasteiger partial charge in [-0.05, 0) is 38.4 Å². The lowest BCUT2D eigenvalue weighted by atomic mass is 9.95. The highest BCUT2D eigenvalue weighted by Gasteiger charge is 2.26. The van der Waals surface area contributed by atoms with Gasteiger partial charge in [-0.1, -0.05) is 18.2 Å². The molecule has 1 aliphatic heterocycles. The van der Waals surface area contributed by atoms with Crippen molar-refractivity contribution in [3.05, 3.63) is 36.0 Å². The van der Waals surface area contributed by atoms with Crippen LogP contribution >= 0.6 is 0 Å². The molecule has 1 saturated heterocycles. The molecule has 2 aromatic rings. The Morgan fingerprint density at radius 1 is 1.27 bits per heavy atom. The predicted molar refractivity (Wildman–Crippen MR) is 115 cm³/mol. The number of methoxy groups -OCH3 is 1. The number of nitrogens with zero attached hydrogens (tertiary/aromatic N) is 3. The molecule has 160 valence electrons. The van der Waals surface area contributed by atoms with Crippen molar-refractivity contribution < 1.29 is 14.3 Å². The number of nitriles is 1. The fraction of sp³-hybridized carbons (Fsp3) is 0.522. The number of aryl methyl sites for hydroxylation is 1. The number of hydrogen-bond donors (Lipinski definition) is 1. The molecule has 0 spiro atoms. The molecule has 2 heterocycles. The second-order valence-electron chi connectivity index (χ2n) is 7.77. The van der Waals surface area contributed by atoms with Crippen LogP contribution in [0.25, 0.3) is 10.9 Å². The van der Waals surface area contributed by atoms with E-state index in [-0.39, 0.29) is 17.6 Å². The number of para-hydroxylation sites is 1. The Morgan fingerprint density at radius 3 is 2.77 bits per heavy atom. The lowest BCUT2D eigenvalue weighted by Crippen LogP contribution is -2.42. The first kappa shape index (κ1) is 22.0. The average Bonchev–Trinajstić information content (AvgIpc) is 3.14. The van der Waals surface area contributed by atoms with E-state index in [9.17, 15) is 9.59 Å². The molecule has 1 aliphatic rings. The van der Waals surface area contributed by atoms with Gasteiger partial charge < -0.3 is 14.6 Å². The highest BCUT2D eigenvalue weighted by molar-refractivity contribution is 6.09. The summed E-state index contributed by atoms with van der Waals surface area (Å²) in [6.45, 7) is 3.71. The summed E-state index contributed by atoms with van der Waals surface area (Å²) in [4.78, 5) is 27.4. The van der Waals surface area contributed by atoms with Gasteiger partial charge in [-0.3, -0.25) is 14.5 Å². The molecule has 7 nitrogen and oxygen atoms in total. The van der Waals surface area contributed by atoms with E-state index < -0.39 is 0 Å². The Bertz CT molecular complexity index is 907. The zero-order chi connectivity index (χ0) is 21.3. The molecule has 1 aromatic carbocycles. The number of benzene rings is 1. The first-order valence-electron chi connectivity index (χ1n) is 10.6. The molecule has 0 bridgehead atoms. The smallest absolute Gasteiger partial charge is 0.223 e. The van der Waals surface area contributed by atoms with E-state index in [1.165, 1.54) is 0 Å². The van der Waals surface area contributed by atoms with E-state index in [1.54, 1.807) is 7.11 Å². The number of likely N-dealkylation sites (tertiary alicyclic amines) is 1. The second-order valence-corrected chi connectivity index (χ2v) is 7.77. The number of aromatic nitrogens is 1. The van der Waals surface area contributed by atoms with Gasteiger partial charge >= 0.3 is 0 Å². The molecular formula is C23H30N4O3. The van der Waals surface area contributed by atoms with Crippen LogP contribution in [0.15, 0.2) is 30.5 Å². The lowest BCUT2D eigenvalue weighted by molar-refractivity contribution is -0.126. The molecule has 0 atom stereocenters. The first-order chi connectivity index (χ1) is 14.6. The van der Waals surface area contributed by atoms with E-state index in [2.05, 4.69) is 16.3 Å². The maximum Gasteiger partial charge on any atom is 0.223 e. The fourth-order valence-electron chi connectivity index (χ4n) is 4.04. The highest BCUT2D eigenvalue weighted by atomic mass is 16.5. The van der Waals surface area contributed by atoms with Gasteiger partial charge in [0.1, 0.15) is 0 Å². The summed E-state index contributed by atoms with van der Waals surface area (Å²) >= 11 is 0. The summed E-state index contributed by atoms with van der Waals surface area (Å²) < 4.78 is 6.99. The van der Waals surface area contributed by atoms with Crippen LogP contribution in [-0.2, 0) is 16.1 Å². The summed E-state index contributed by atoms with van der Waals surface area (Å²) in [5.41, 5.74) is 1.70. The minimum absolute atomic E-state index is 0.0202. The Labute approximate surface area is 177 Å². The number of rotatable bonds is 10. The van der Waals surface area contributed by atoms with Gasteiger partial charge in [0, 0.05) is 55.4 Å². The molecule has 0 unspecified atom stereocenters. The number of carbonyl (C=O) groups is 2. The first-order valence-corrected chi connectivity index (χ1v) is 10.6. The third-order valence-corrected chi connectivity index (χ3v) is 5.70. The maximum atomic E-state index is 13.0. The number of carbonyl (C=O) groups excluding carboxylic acids is 2. The number of hydrogen-bond acceptors (Lipinski definition) is 5. The SMILES string of the molecule is COCCCNC(=O)C1CCN(CC(=O)c2cn(CCC#N)c3ccccc23)CC1. The molecule has 1 fully saturated rings. The largest absolute Gasteiger partial charge is 0.385 e. The maximum absolute atomic E-state index is 13.0. The van der Waals surface area contributed by atoms with E-state index in [1.807, 2.05) is 35.0 Å². The van der Waals surface area contributed by atoms with Crippen molar-refractivity contribution >= 4 is 22.6 Å². The molecule has 0 saturated carbocycles. The molecule has 1 N–H and O–H groups in total. The zero-order valence-electron chi connectivity index (χ0n) is 17.6. The predicted octanol–water partition coefficient (Wildman–Crippen LogP) is 2.60. The van der Waals surface area contributed by atoms with Crippen molar-refractivity contribution in [2.75, 3.05) is 39.9 Å². The van der Waals surface area contributed by atoms with E-state index in [0.717, 1.165) is 43.3 Å². The number of ketones is 1. The number of ether oxygens (including phenoxy) is 1. The van der Waals surface area contributed by atoms with Crippen molar-refractivity contribution in [2.24, 2.45) is 5.92 Å². The summed E-state index contributed by atoms with van der Waals surface area (Å²) in [5, 5.41) is 12.8. The third-order valence-electron chi connectivity index (χ3n) is 5.70. The number of Topliss-reactive ketones (excluding diaryl/α,β-unsaturated/α-hetero) is 1. The van der Waals surface area contributed by atoms with Crippen molar-refractivity contribution in [3.8, 4) is 6.07 Å². The van der Waals surface area contributed by atoms with Gasteiger partial charge in [-0.2, -0.15) is 5.26 Å². The Balaban J connectivity index is 1.55. The van der Waals surface area contributed by atoms with Crippen molar-refractivity contribution in [1.29, 1.82) is 5.26 Å². The quantitative estimate of drug-likeness (QED) is 0.481. The van der Waals surface area contributed by atoms with Crippen LogP contribution in [0.5, 0.6) is 0 Å². The Hall–Kier alpha value is -2.69. The van der Waals surface area contributed by atoms with Gasteiger partial charge in [0.25, 0.3) is 0 Å². The molecule has 3 rings (SSSR count). The van der Waals surface area contributed by atoms with Gasteiger partial charge in [-0.25, -0.2) is 0 Å². The monoisotopic (exact) mass is 410 g/mol. The minimum atomic E-state index is 0.0202. The lowest BCUT2D eigenvalue weighted by Gasteiger charge is -2.30. The number of fused-ring (bicyclic) bond motifs is 1. The Kier molecular flexibility index (Phi) is 8.00. The van der Waals surface area contributed by atoms with E-state index in [0.29, 0.717) is 38.2 Å². The fourth-order valence-corrected chi connectivity index (χ4v) is 4.04. The van der Waals surface area contributed by atoms with Crippen molar-refractivity contribution in [3.63, 3.8) is 0 Å². The standard InChI is InChI=1S/C23H30N4O3/c1-30-15-5-11-25-23(29)18-8-13-26(14-9-18)17-22(28)20-16-27(12-4-10-24)21-7-3-2-6-19(20)21/h2-3,6-7,16,18H,4-5,8-9,11-15,17H2,1H3,(H,25,29). The molecule has 7 heteroatoms. The summed E-state index contributed by atoms with van der Waals surface area (Å²) in [6.07, 6.45) is 4.65. The van der Waals surface area contributed by atoms with Gasteiger partial charge in [0.2, 0.25) is 5.91 Å². The normalized spacial score (nSPS) is 15.2. The minimum Gasteiger partial charge on any atom is -0.385 e. The Morgan fingerprint density at radius 2 is 2.03 bits per heavy atom. The number of nitrogens with one attached hydrogen (secondary N) is 1. The van der Waals surface area contributed by atoms with Crippen LogP contribution in [0.3, 0.4) is 0 Å². The average molecular weight is 411 g/mol. The van der Waals surface area contributed by atoms with E-state index in [4.69, 9.17) is 10.00 Å². The highest BCUT2D eigenvalue weighted by Crippen LogP contribution is 2.23. The second kappa shape index (κ2) is 10.9. The number of piperidine rings is 1. The third kappa shape index (κ3) is 5.47. The van der Waals surface area contributed by atoms with Crippen LogP contribution < -0.4 is 5.32 Å². The van der Waals surface area contributed by atoms with Crippen LogP contribution in [0.1, 0.15) is 36.0 Å². The van der Waals surface area contributed by atoms with Crippen LogP contribution in [0, 0.1) is 17.2 Å². The van der Waals surface area contributed by atoms with Crippen molar-refractivity contribution in [1.82, 2.24) is 14.8 Å². The van der Waals surface area contributed by atoms with Crippen molar-refractivity contribution in [2.45, 2.75) is 32.2 Å². The van der Waals surface area contributed by atoms with Crippen LogP contribution in [0.4, 0.5) is 0 Å². The topological polar surface area (TPSA) is 87.4 Å². The molecular weight excluding hydrogens is 380 g/mol. The van der Waals surface area contributed by atoms with E-state index >= 15 is 0 Å². The molecule has 0 radical (unpaired) electrons. The van der Waals surface area contributed by atoms with Gasteiger partial charge in [0.05, 0.1) is 19.0 Å². The van der Waals surface area contributed by atoms with Gasteiger partial charge in [0.15, 0.2) is 5.78 Å².